The van der Waals surface area contributed by atoms with Crippen molar-refractivity contribution in [2.45, 2.75) is 12.8 Å². The number of aromatic carboxylic acids is 1. The Morgan fingerprint density at radius 1 is 0.923 bits per heavy atom. The molecule has 0 spiro atoms. The van der Waals surface area contributed by atoms with E-state index >= 15 is 0 Å². The van der Waals surface area contributed by atoms with E-state index in [2.05, 4.69) is 4.98 Å². The first-order valence-electron chi connectivity index (χ1n) is 8.65. The van der Waals surface area contributed by atoms with E-state index in [1.54, 1.807) is 30.5 Å². The predicted molar refractivity (Wildman–Crippen MR) is 99.3 cm³/mol. The number of carboxylic acid groups (broad SMARTS) is 1. The summed E-state index contributed by atoms with van der Waals surface area (Å²) in [6, 6.07) is 14.2. The highest BCUT2D eigenvalue weighted by Crippen LogP contribution is 2.29. The number of nitrogens with zero attached hydrogens (tertiary/aromatic N) is 2. The van der Waals surface area contributed by atoms with E-state index in [1.807, 2.05) is 29.2 Å². The van der Waals surface area contributed by atoms with Gasteiger partial charge in [-0.2, -0.15) is 0 Å². The average Bonchev–Trinajstić information content (AvgIpc) is 3.21. The minimum atomic E-state index is -0.949. The van der Waals surface area contributed by atoms with Crippen LogP contribution in [0.4, 0.5) is 0 Å². The summed E-state index contributed by atoms with van der Waals surface area (Å²) in [5.41, 5.74) is 3.55. The molecule has 2 heterocycles. The van der Waals surface area contributed by atoms with E-state index in [9.17, 15) is 9.59 Å². The Morgan fingerprint density at radius 3 is 2.31 bits per heavy atom. The number of rotatable bonds is 3. The van der Waals surface area contributed by atoms with Crippen LogP contribution in [-0.4, -0.2) is 40.0 Å². The lowest BCUT2D eigenvalue weighted by atomic mass is 9.98. The minimum Gasteiger partial charge on any atom is -0.478 e. The summed E-state index contributed by atoms with van der Waals surface area (Å²) in [4.78, 5) is 30.0. The molecule has 1 amide bonds. The number of carbonyl (C=O) groups is 2. The van der Waals surface area contributed by atoms with Gasteiger partial charge in [-0.05, 0) is 60.4 Å². The maximum atomic E-state index is 12.7. The molecule has 1 saturated heterocycles. The summed E-state index contributed by atoms with van der Waals surface area (Å²) in [7, 11) is 0. The summed E-state index contributed by atoms with van der Waals surface area (Å²) in [5, 5.41) is 9.96. The molecule has 4 rings (SSSR count). The topological polar surface area (TPSA) is 70.5 Å². The molecule has 0 bridgehead atoms. The Bertz CT molecular complexity index is 990. The summed E-state index contributed by atoms with van der Waals surface area (Å²) in [6.45, 7) is 1.63. The molecule has 1 aromatic heterocycles. The molecular weight excluding hydrogens is 328 g/mol. The fourth-order valence-electron chi connectivity index (χ4n) is 3.43. The Morgan fingerprint density at radius 2 is 1.62 bits per heavy atom. The lowest BCUT2D eigenvalue weighted by Crippen LogP contribution is -2.27. The number of fused-ring (bicyclic) bond motifs is 1. The first kappa shape index (κ1) is 16.3. The van der Waals surface area contributed by atoms with E-state index in [0.717, 1.165) is 48.0 Å². The normalized spacial score (nSPS) is 13.9. The van der Waals surface area contributed by atoms with E-state index in [-0.39, 0.29) is 11.5 Å². The van der Waals surface area contributed by atoms with Crippen molar-refractivity contribution in [3.05, 3.63) is 65.9 Å². The Balaban J connectivity index is 1.78. The van der Waals surface area contributed by atoms with Crippen molar-refractivity contribution in [2.75, 3.05) is 13.1 Å². The second-order valence-electron chi connectivity index (χ2n) is 6.47. The number of carboxylic acids is 1. The summed E-state index contributed by atoms with van der Waals surface area (Å²) in [5.74, 6) is -0.893. The fraction of sp³-hybridized carbons (Fsp3) is 0.190. The summed E-state index contributed by atoms with van der Waals surface area (Å²) >= 11 is 0. The molecule has 5 heteroatoms. The van der Waals surface area contributed by atoms with Gasteiger partial charge in [0.25, 0.3) is 5.91 Å². The van der Waals surface area contributed by atoms with Gasteiger partial charge in [0, 0.05) is 30.2 Å². The zero-order valence-electron chi connectivity index (χ0n) is 14.2. The van der Waals surface area contributed by atoms with Gasteiger partial charge in [0.15, 0.2) is 0 Å². The molecule has 3 aromatic rings. The van der Waals surface area contributed by atoms with Crippen LogP contribution >= 0.6 is 0 Å². The number of hydrogen-bond acceptors (Lipinski definition) is 3. The van der Waals surface area contributed by atoms with Crippen molar-refractivity contribution >= 4 is 22.8 Å². The van der Waals surface area contributed by atoms with Crippen LogP contribution < -0.4 is 0 Å². The molecule has 5 nitrogen and oxygen atoms in total. The zero-order valence-corrected chi connectivity index (χ0v) is 14.2. The van der Waals surface area contributed by atoms with Crippen molar-refractivity contribution in [1.82, 2.24) is 9.88 Å². The molecule has 0 aliphatic carbocycles. The van der Waals surface area contributed by atoms with Gasteiger partial charge < -0.3 is 10.0 Å². The van der Waals surface area contributed by atoms with Crippen LogP contribution in [0.1, 0.15) is 33.6 Å². The SMILES string of the molecule is O=C(O)c1ccc(-c2ccnc3ccc(C(=O)N4CCCC4)cc23)cc1. The van der Waals surface area contributed by atoms with E-state index in [4.69, 9.17) is 5.11 Å². The standard InChI is InChI=1S/C21H18N2O3/c24-20(23-11-1-2-12-23)16-7-8-19-18(13-16)17(9-10-22-19)14-3-5-15(6-4-14)21(25)26/h3-10,13H,1-2,11-12H2,(H,25,26). The van der Waals surface area contributed by atoms with Crippen molar-refractivity contribution in [1.29, 1.82) is 0 Å². The van der Waals surface area contributed by atoms with Gasteiger partial charge in [-0.3, -0.25) is 9.78 Å². The van der Waals surface area contributed by atoms with Crippen LogP contribution in [-0.2, 0) is 0 Å². The minimum absolute atomic E-state index is 0.0560. The molecule has 2 aromatic carbocycles. The zero-order chi connectivity index (χ0) is 18.1. The van der Waals surface area contributed by atoms with Crippen molar-refractivity contribution in [3.8, 4) is 11.1 Å². The van der Waals surface area contributed by atoms with E-state index in [0.29, 0.717) is 5.56 Å². The molecule has 1 aliphatic rings. The molecule has 0 unspecified atom stereocenters. The Labute approximate surface area is 150 Å². The third-order valence-corrected chi connectivity index (χ3v) is 4.82. The molecule has 1 aliphatic heterocycles. The fourth-order valence-corrected chi connectivity index (χ4v) is 3.43. The number of aromatic nitrogens is 1. The monoisotopic (exact) mass is 346 g/mol. The van der Waals surface area contributed by atoms with Gasteiger partial charge in [0.05, 0.1) is 11.1 Å². The van der Waals surface area contributed by atoms with Gasteiger partial charge in [0.2, 0.25) is 0 Å². The average molecular weight is 346 g/mol. The van der Waals surface area contributed by atoms with Crippen molar-refractivity contribution in [3.63, 3.8) is 0 Å². The second-order valence-corrected chi connectivity index (χ2v) is 6.47. The summed E-state index contributed by atoms with van der Waals surface area (Å²) in [6.07, 6.45) is 3.84. The second kappa shape index (κ2) is 6.59. The lowest BCUT2D eigenvalue weighted by molar-refractivity contribution is 0.0696. The van der Waals surface area contributed by atoms with Crippen LogP contribution in [0.3, 0.4) is 0 Å². The van der Waals surface area contributed by atoms with Crippen LogP contribution in [0.15, 0.2) is 54.7 Å². The number of likely N-dealkylation sites (tertiary alicyclic amines) is 1. The molecular formula is C21H18N2O3. The number of benzene rings is 2. The number of pyridine rings is 1. The molecule has 1 N–H and O–H groups in total. The number of carbonyl (C=O) groups excluding carboxylic acids is 1. The van der Waals surface area contributed by atoms with Gasteiger partial charge in [-0.25, -0.2) is 4.79 Å². The van der Waals surface area contributed by atoms with E-state index in [1.165, 1.54) is 0 Å². The molecule has 130 valence electrons. The third-order valence-electron chi connectivity index (χ3n) is 4.82. The first-order chi connectivity index (χ1) is 12.6. The predicted octanol–water partition coefficient (Wildman–Crippen LogP) is 3.84. The summed E-state index contributed by atoms with van der Waals surface area (Å²) < 4.78 is 0. The van der Waals surface area contributed by atoms with Gasteiger partial charge in [-0.1, -0.05) is 12.1 Å². The van der Waals surface area contributed by atoms with Crippen LogP contribution in [0.5, 0.6) is 0 Å². The molecule has 0 saturated carbocycles. The molecule has 1 fully saturated rings. The van der Waals surface area contributed by atoms with Gasteiger partial charge >= 0.3 is 5.97 Å². The van der Waals surface area contributed by atoms with Gasteiger partial charge in [0.1, 0.15) is 0 Å². The Kier molecular flexibility index (Phi) is 4.13. The highest BCUT2D eigenvalue weighted by atomic mass is 16.4. The number of hydrogen-bond donors (Lipinski definition) is 1. The first-order valence-corrected chi connectivity index (χ1v) is 8.65. The maximum absolute atomic E-state index is 12.7. The van der Waals surface area contributed by atoms with Crippen molar-refractivity contribution < 1.29 is 14.7 Å². The highest BCUT2D eigenvalue weighted by molar-refractivity contribution is 6.02. The van der Waals surface area contributed by atoms with Crippen LogP contribution in [0.25, 0.3) is 22.0 Å². The molecule has 0 atom stereocenters. The lowest BCUT2D eigenvalue weighted by Gasteiger charge is -2.16. The smallest absolute Gasteiger partial charge is 0.335 e. The van der Waals surface area contributed by atoms with Crippen LogP contribution in [0.2, 0.25) is 0 Å². The molecule has 26 heavy (non-hydrogen) atoms. The third kappa shape index (κ3) is 2.92. The quantitative estimate of drug-likeness (QED) is 0.782. The maximum Gasteiger partial charge on any atom is 0.335 e. The van der Waals surface area contributed by atoms with Crippen molar-refractivity contribution in [2.24, 2.45) is 0 Å². The molecule has 0 radical (unpaired) electrons. The van der Waals surface area contributed by atoms with Gasteiger partial charge in [-0.15, -0.1) is 0 Å². The van der Waals surface area contributed by atoms with Crippen LogP contribution in [0, 0.1) is 0 Å². The highest BCUT2D eigenvalue weighted by Gasteiger charge is 2.20. The largest absolute Gasteiger partial charge is 0.478 e. The Hall–Kier alpha value is -3.21. The van der Waals surface area contributed by atoms with E-state index < -0.39 is 5.97 Å². The number of amides is 1.